The molecule has 1 nitrogen and oxygen atoms in total. The maximum atomic E-state index is 12.1. The molecule has 2 heteroatoms. The average molecular weight is 308 g/mol. The Morgan fingerprint density at radius 1 is 1.05 bits per heavy atom. The van der Waals surface area contributed by atoms with Crippen LogP contribution in [-0.2, 0) is 6.42 Å². The highest BCUT2D eigenvalue weighted by atomic mass is 32.2. The monoisotopic (exact) mass is 308 g/mol. The Hall–Kier alpha value is -1.98. The van der Waals surface area contributed by atoms with Gasteiger partial charge in [0.05, 0.1) is 0 Å². The van der Waals surface area contributed by atoms with Crippen LogP contribution in [0.15, 0.2) is 53.4 Å². The second kappa shape index (κ2) is 8.46. The number of Topliss-reactive ketones (excluding diaryl/α,β-unsaturated/α-hetero) is 1. The van der Waals surface area contributed by atoms with Crippen LogP contribution >= 0.6 is 11.8 Å². The molecule has 0 N–H and O–H groups in total. The molecule has 22 heavy (non-hydrogen) atoms. The second-order valence-corrected chi connectivity index (χ2v) is 5.99. The predicted molar refractivity (Wildman–Crippen MR) is 94.5 cm³/mol. The van der Waals surface area contributed by atoms with Crippen molar-refractivity contribution in [3.8, 4) is 11.8 Å². The lowest BCUT2D eigenvalue weighted by Crippen LogP contribution is -1.95. The van der Waals surface area contributed by atoms with Gasteiger partial charge in [-0.25, -0.2) is 0 Å². The van der Waals surface area contributed by atoms with Gasteiger partial charge in [-0.15, -0.1) is 11.8 Å². The van der Waals surface area contributed by atoms with Crippen molar-refractivity contribution in [1.29, 1.82) is 0 Å². The molecule has 0 radical (unpaired) electrons. The summed E-state index contributed by atoms with van der Waals surface area (Å²) in [5, 5.41) is 0. The summed E-state index contributed by atoms with van der Waals surface area (Å²) in [6.07, 6.45) is 5.47. The molecule has 2 rings (SSSR count). The zero-order chi connectivity index (χ0) is 15.8. The van der Waals surface area contributed by atoms with Crippen LogP contribution in [0.25, 0.3) is 0 Å². The van der Waals surface area contributed by atoms with Gasteiger partial charge >= 0.3 is 0 Å². The summed E-state index contributed by atoms with van der Waals surface area (Å²) in [6, 6.07) is 15.7. The van der Waals surface area contributed by atoms with Crippen molar-refractivity contribution < 1.29 is 4.79 Å². The van der Waals surface area contributed by atoms with Crippen LogP contribution in [0.4, 0.5) is 0 Å². The Morgan fingerprint density at radius 3 is 2.32 bits per heavy atom. The number of aryl methyl sites for hydroxylation is 1. The van der Waals surface area contributed by atoms with E-state index >= 15 is 0 Å². The molecule has 2 aromatic rings. The van der Waals surface area contributed by atoms with Gasteiger partial charge in [-0.3, -0.25) is 4.79 Å². The molecule has 0 aromatic heterocycles. The normalized spacial score (nSPS) is 9.91. The quantitative estimate of drug-likeness (QED) is 0.440. The van der Waals surface area contributed by atoms with Gasteiger partial charge in [-0.2, -0.15) is 0 Å². The molecule has 2 aromatic carbocycles. The number of unbranched alkanes of at least 4 members (excludes halogenated alkanes) is 1. The third kappa shape index (κ3) is 4.79. The standard InChI is InChI=1S/C20H20OS/c1-3-4-5-16-6-11-18(12-7-16)20(21)15-10-17-8-13-19(22-2)14-9-17/h6-9,11-14H,3-5H2,1-2H3. The van der Waals surface area contributed by atoms with Crippen LogP contribution in [0, 0.1) is 11.8 Å². The van der Waals surface area contributed by atoms with E-state index < -0.39 is 0 Å². The van der Waals surface area contributed by atoms with Gasteiger partial charge in [0.15, 0.2) is 0 Å². The molecular formula is C20H20OS. The first-order valence-corrected chi connectivity index (χ1v) is 8.74. The number of carbonyl (C=O) groups excluding carboxylic acids is 1. The van der Waals surface area contributed by atoms with Gasteiger partial charge in [-0.1, -0.05) is 43.5 Å². The average Bonchev–Trinajstić information content (AvgIpc) is 2.58. The molecule has 112 valence electrons. The van der Waals surface area contributed by atoms with Crippen molar-refractivity contribution in [2.45, 2.75) is 31.1 Å². The molecule has 0 spiro atoms. The first-order valence-electron chi connectivity index (χ1n) is 7.52. The Balaban J connectivity index is 2.04. The topological polar surface area (TPSA) is 17.1 Å². The Bertz CT molecular complexity index is 672. The second-order valence-electron chi connectivity index (χ2n) is 5.11. The SMILES string of the molecule is CCCCc1ccc(C(=O)C#Cc2ccc(SC)cc2)cc1. The smallest absolute Gasteiger partial charge is 0.236 e. The maximum Gasteiger partial charge on any atom is 0.236 e. The van der Waals surface area contributed by atoms with Crippen molar-refractivity contribution >= 4 is 17.5 Å². The van der Waals surface area contributed by atoms with E-state index in [2.05, 4.69) is 18.8 Å². The highest BCUT2D eigenvalue weighted by molar-refractivity contribution is 7.98. The fourth-order valence-electron chi connectivity index (χ4n) is 2.08. The highest BCUT2D eigenvalue weighted by Crippen LogP contribution is 2.14. The molecule has 0 heterocycles. The predicted octanol–water partition coefficient (Wildman–Crippen LogP) is 4.99. The van der Waals surface area contributed by atoms with Crippen LogP contribution in [-0.4, -0.2) is 12.0 Å². The summed E-state index contributed by atoms with van der Waals surface area (Å²) in [7, 11) is 0. The Morgan fingerprint density at radius 2 is 1.73 bits per heavy atom. The number of benzene rings is 2. The van der Waals surface area contributed by atoms with E-state index in [-0.39, 0.29) is 5.78 Å². The van der Waals surface area contributed by atoms with Crippen LogP contribution in [0.2, 0.25) is 0 Å². The molecule has 0 atom stereocenters. The van der Waals surface area contributed by atoms with Crippen LogP contribution < -0.4 is 0 Å². The van der Waals surface area contributed by atoms with Crippen LogP contribution in [0.1, 0.15) is 41.3 Å². The number of hydrogen-bond donors (Lipinski definition) is 0. The van der Waals surface area contributed by atoms with E-state index in [1.165, 1.54) is 23.3 Å². The third-order valence-corrected chi connectivity index (χ3v) is 4.19. The first-order chi connectivity index (χ1) is 10.7. The lowest BCUT2D eigenvalue weighted by molar-refractivity contribution is 0.105. The molecule has 0 unspecified atom stereocenters. The largest absolute Gasteiger partial charge is 0.279 e. The highest BCUT2D eigenvalue weighted by Gasteiger charge is 2.02. The van der Waals surface area contributed by atoms with E-state index in [9.17, 15) is 4.79 Å². The Kier molecular flexibility index (Phi) is 6.30. The molecule has 0 bridgehead atoms. The lowest BCUT2D eigenvalue weighted by Gasteiger charge is -2.00. The van der Waals surface area contributed by atoms with Crippen LogP contribution in [0.5, 0.6) is 0 Å². The number of hydrogen-bond acceptors (Lipinski definition) is 2. The first kappa shape index (κ1) is 16.4. The van der Waals surface area contributed by atoms with E-state index in [0.29, 0.717) is 5.56 Å². The number of carbonyl (C=O) groups is 1. The van der Waals surface area contributed by atoms with Crippen molar-refractivity contribution in [1.82, 2.24) is 0 Å². The Labute approximate surface area is 137 Å². The molecule has 0 aliphatic heterocycles. The minimum absolute atomic E-state index is 0.129. The number of ketones is 1. The molecular weight excluding hydrogens is 288 g/mol. The summed E-state index contributed by atoms with van der Waals surface area (Å²) < 4.78 is 0. The molecule has 0 amide bonds. The molecule has 0 aliphatic carbocycles. The molecule has 0 saturated carbocycles. The summed E-state index contributed by atoms with van der Waals surface area (Å²) in [6.45, 7) is 2.18. The summed E-state index contributed by atoms with van der Waals surface area (Å²) in [4.78, 5) is 13.3. The third-order valence-electron chi connectivity index (χ3n) is 3.45. The number of thioether (sulfide) groups is 1. The van der Waals surface area contributed by atoms with Crippen molar-refractivity contribution in [3.63, 3.8) is 0 Å². The minimum atomic E-state index is -0.129. The van der Waals surface area contributed by atoms with E-state index in [1.54, 1.807) is 11.8 Å². The lowest BCUT2D eigenvalue weighted by atomic mass is 10.0. The molecule has 0 aliphatic rings. The van der Waals surface area contributed by atoms with Crippen molar-refractivity contribution in [2.75, 3.05) is 6.26 Å². The van der Waals surface area contributed by atoms with Gasteiger partial charge in [0.25, 0.3) is 0 Å². The van der Waals surface area contributed by atoms with E-state index in [4.69, 9.17) is 0 Å². The van der Waals surface area contributed by atoms with Gasteiger partial charge in [0, 0.05) is 16.0 Å². The zero-order valence-corrected chi connectivity index (χ0v) is 13.9. The van der Waals surface area contributed by atoms with Crippen molar-refractivity contribution in [2.24, 2.45) is 0 Å². The van der Waals surface area contributed by atoms with Gasteiger partial charge in [0.1, 0.15) is 0 Å². The minimum Gasteiger partial charge on any atom is -0.279 e. The number of rotatable bonds is 5. The molecule has 0 fully saturated rings. The zero-order valence-electron chi connectivity index (χ0n) is 13.1. The van der Waals surface area contributed by atoms with Gasteiger partial charge in [0.2, 0.25) is 5.78 Å². The molecule has 0 saturated heterocycles. The van der Waals surface area contributed by atoms with Gasteiger partial charge in [-0.05, 0) is 54.8 Å². The maximum absolute atomic E-state index is 12.1. The summed E-state index contributed by atoms with van der Waals surface area (Å²) in [5.41, 5.74) is 2.80. The summed E-state index contributed by atoms with van der Waals surface area (Å²) >= 11 is 1.69. The fourth-order valence-corrected chi connectivity index (χ4v) is 2.49. The van der Waals surface area contributed by atoms with E-state index in [1.807, 2.05) is 54.8 Å². The van der Waals surface area contributed by atoms with Gasteiger partial charge < -0.3 is 0 Å². The van der Waals surface area contributed by atoms with Crippen molar-refractivity contribution in [3.05, 3.63) is 65.2 Å². The van der Waals surface area contributed by atoms with Crippen LogP contribution in [0.3, 0.4) is 0 Å². The fraction of sp³-hybridized carbons (Fsp3) is 0.250. The van der Waals surface area contributed by atoms with E-state index in [0.717, 1.165) is 12.0 Å². The summed E-state index contributed by atoms with van der Waals surface area (Å²) in [5.74, 6) is 5.53.